The number of hydrogen-bond donors (Lipinski definition) is 1. The van der Waals surface area contributed by atoms with Crippen LogP contribution < -0.4 is 5.32 Å². The topological polar surface area (TPSA) is 29.1 Å². The molecule has 0 radical (unpaired) electrons. The fraction of sp³-hybridized carbons (Fsp3) is 0.100. The van der Waals surface area contributed by atoms with E-state index in [1.165, 1.54) is 0 Å². The first-order chi connectivity index (χ1) is 6.13. The summed E-state index contributed by atoms with van der Waals surface area (Å²) < 4.78 is 0. The van der Waals surface area contributed by atoms with E-state index in [1.807, 2.05) is 18.9 Å². The van der Waals surface area contributed by atoms with E-state index in [4.69, 9.17) is 18.0 Å². The summed E-state index contributed by atoms with van der Waals surface area (Å²) in [5.74, 6) is 1.46. The van der Waals surface area contributed by atoms with E-state index in [-0.39, 0.29) is 0 Å². The molecule has 66 valence electrons. The Morgan fingerprint density at radius 2 is 2.31 bits per heavy atom. The molecule has 0 aromatic heterocycles. The minimum absolute atomic E-state index is 0.481. The second-order valence-electron chi connectivity index (χ2n) is 2.58. The lowest BCUT2D eigenvalue weighted by molar-refractivity contribution is -0.111. The molecule has 0 saturated heterocycles. The third kappa shape index (κ3) is 2.50. The van der Waals surface area contributed by atoms with Crippen LogP contribution in [0.15, 0.2) is 18.2 Å². The Morgan fingerprint density at radius 1 is 1.62 bits per heavy atom. The quantitative estimate of drug-likeness (QED) is 0.681. The fourth-order valence-electron chi connectivity index (χ4n) is 0.893. The number of aryl methyl sites for hydroxylation is 1. The number of carbonyl (C=O) groups is 1. The molecule has 1 rings (SSSR count). The van der Waals surface area contributed by atoms with Crippen LogP contribution in [0.2, 0.25) is 5.02 Å². The molecule has 0 aliphatic heterocycles. The summed E-state index contributed by atoms with van der Waals surface area (Å²) in [7, 11) is 0. The molecule has 0 unspecified atom stereocenters. The first-order valence-corrected chi connectivity index (χ1v) is 4.05. The Labute approximate surface area is 81.9 Å². The number of anilines is 1. The van der Waals surface area contributed by atoms with Crippen molar-refractivity contribution in [3.05, 3.63) is 28.8 Å². The number of halogens is 1. The van der Waals surface area contributed by atoms with Crippen LogP contribution in [0.1, 0.15) is 5.56 Å². The Morgan fingerprint density at radius 3 is 2.92 bits per heavy atom. The van der Waals surface area contributed by atoms with Crippen molar-refractivity contribution in [2.75, 3.05) is 5.32 Å². The number of rotatable bonds is 1. The molecule has 0 spiro atoms. The van der Waals surface area contributed by atoms with Gasteiger partial charge in [-0.15, -0.1) is 6.42 Å². The van der Waals surface area contributed by atoms with Gasteiger partial charge in [-0.3, -0.25) is 4.79 Å². The highest BCUT2D eigenvalue weighted by Crippen LogP contribution is 2.22. The summed E-state index contributed by atoms with van der Waals surface area (Å²) in [6.07, 6.45) is 4.90. The van der Waals surface area contributed by atoms with E-state index in [0.717, 1.165) is 5.56 Å². The highest BCUT2D eigenvalue weighted by Gasteiger charge is 2.02. The molecule has 1 N–H and O–H groups in total. The van der Waals surface area contributed by atoms with Crippen molar-refractivity contribution in [1.82, 2.24) is 0 Å². The fourth-order valence-corrected chi connectivity index (χ4v) is 1.06. The van der Waals surface area contributed by atoms with Crippen molar-refractivity contribution in [3.63, 3.8) is 0 Å². The Bertz CT molecular complexity index is 379. The van der Waals surface area contributed by atoms with Crippen LogP contribution >= 0.6 is 11.6 Å². The van der Waals surface area contributed by atoms with Crippen LogP contribution in [0.4, 0.5) is 5.69 Å². The predicted molar refractivity (Wildman–Crippen MR) is 53.7 cm³/mol. The maximum atomic E-state index is 10.8. The molecular formula is C10H8ClNO. The summed E-state index contributed by atoms with van der Waals surface area (Å²) in [6, 6.07) is 5.33. The first-order valence-electron chi connectivity index (χ1n) is 3.67. The molecule has 0 fully saturated rings. The standard InChI is InChI=1S/C10H8ClNO/c1-3-10(13)12-9-6-7(2)4-5-8(9)11/h1,4-6H,2H3,(H,12,13). The second kappa shape index (κ2) is 3.97. The maximum absolute atomic E-state index is 10.8. The SMILES string of the molecule is C#CC(=O)Nc1cc(C)ccc1Cl. The lowest BCUT2D eigenvalue weighted by atomic mass is 10.2. The molecule has 0 atom stereocenters. The minimum atomic E-state index is -0.493. The van der Waals surface area contributed by atoms with Crippen LogP contribution in [0.5, 0.6) is 0 Å². The molecule has 0 bridgehead atoms. The Balaban J connectivity index is 2.95. The highest BCUT2D eigenvalue weighted by atomic mass is 35.5. The highest BCUT2D eigenvalue weighted by molar-refractivity contribution is 6.33. The summed E-state index contributed by atoms with van der Waals surface area (Å²) in [5, 5.41) is 2.97. The molecule has 13 heavy (non-hydrogen) atoms. The van der Waals surface area contributed by atoms with E-state index in [0.29, 0.717) is 10.7 Å². The number of benzene rings is 1. The molecule has 1 aromatic carbocycles. The molecule has 1 aromatic rings. The van der Waals surface area contributed by atoms with Gasteiger partial charge in [-0.1, -0.05) is 17.7 Å². The van der Waals surface area contributed by atoms with Crippen LogP contribution in [0, 0.1) is 19.3 Å². The predicted octanol–water partition coefficient (Wildman–Crippen LogP) is 2.22. The number of hydrogen-bond acceptors (Lipinski definition) is 1. The molecular weight excluding hydrogens is 186 g/mol. The summed E-state index contributed by atoms with van der Waals surface area (Å²) in [6.45, 7) is 1.90. The van der Waals surface area contributed by atoms with Crippen LogP contribution in [0.3, 0.4) is 0 Å². The number of carbonyl (C=O) groups excluding carboxylic acids is 1. The van der Waals surface area contributed by atoms with Gasteiger partial charge in [0.05, 0.1) is 10.7 Å². The second-order valence-corrected chi connectivity index (χ2v) is 2.99. The van der Waals surface area contributed by atoms with Crippen LogP contribution in [-0.4, -0.2) is 5.91 Å². The molecule has 1 amide bonds. The summed E-state index contributed by atoms with van der Waals surface area (Å²) in [5.41, 5.74) is 1.56. The van der Waals surface area contributed by atoms with E-state index in [9.17, 15) is 4.79 Å². The lowest BCUT2D eigenvalue weighted by Crippen LogP contribution is -2.08. The van der Waals surface area contributed by atoms with Gasteiger partial charge in [0.25, 0.3) is 5.91 Å². The molecule has 0 aliphatic rings. The van der Waals surface area contributed by atoms with Gasteiger partial charge >= 0.3 is 0 Å². The van der Waals surface area contributed by atoms with Gasteiger partial charge in [-0.05, 0) is 30.5 Å². The zero-order chi connectivity index (χ0) is 9.84. The van der Waals surface area contributed by atoms with Gasteiger partial charge in [-0.2, -0.15) is 0 Å². The molecule has 3 heteroatoms. The Kier molecular flexibility index (Phi) is 2.94. The zero-order valence-corrected chi connectivity index (χ0v) is 7.85. The largest absolute Gasteiger partial charge is 0.314 e. The van der Waals surface area contributed by atoms with Gasteiger partial charge in [0.2, 0.25) is 0 Å². The number of amides is 1. The third-order valence-electron chi connectivity index (χ3n) is 1.50. The first kappa shape index (κ1) is 9.63. The third-order valence-corrected chi connectivity index (χ3v) is 1.83. The van der Waals surface area contributed by atoms with Gasteiger partial charge in [0.1, 0.15) is 0 Å². The van der Waals surface area contributed by atoms with Crippen molar-refractivity contribution < 1.29 is 4.79 Å². The van der Waals surface area contributed by atoms with Gasteiger partial charge in [-0.25, -0.2) is 0 Å². The average Bonchev–Trinajstić information content (AvgIpc) is 2.11. The Hall–Kier alpha value is -1.46. The van der Waals surface area contributed by atoms with Crippen LogP contribution in [-0.2, 0) is 4.79 Å². The van der Waals surface area contributed by atoms with E-state index in [1.54, 1.807) is 12.1 Å². The maximum Gasteiger partial charge on any atom is 0.300 e. The van der Waals surface area contributed by atoms with Gasteiger partial charge < -0.3 is 5.32 Å². The van der Waals surface area contributed by atoms with E-state index < -0.39 is 5.91 Å². The van der Waals surface area contributed by atoms with Crippen molar-refractivity contribution in [2.24, 2.45) is 0 Å². The van der Waals surface area contributed by atoms with Crippen molar-refractivity contribution in [2.45, 2.75) is 6.92 Å². The smallest absolute Gasteiger partial charge is 0.300 e. The van der Waals surface area contributed by atoms with Gasteiger partial charge in [0, 0.05) is 0 Å². The van der Waals surface area contributed by atoms with Crippen molar-refractivity contribution >= 4 is 23.2 Å². The normalized spacial score (nSPS) is 9.00. The van der Waals surface area contributed by atoms with Gasteiger partial charge in [0.15, 0.2) is 0 Å². The molecule has 0 saturated carbocycles. The van der Waals surface area contributed by atoms with Crippen molar-refractivity contribution in [1.29, 1.82) is 0 Å². The molecule has 0 aliphatic carbocycles. The molecule has 0 heterocycles. The monoisotopic (exact) mass is 193 g/mol. The lowest BCUT2D eigenvalue weighted by Gasteiger charge is -2.04. The van der Waals surface area contributed by atoms with Crippen LogP contribution in [0.25, 0.3) is 0 Å². The number of terminal acetylenes is 1. The summed E-state index contributed by atoms with van der Waals surface area (Å²) >= 11 is 5.81. The van der Waals surface area contributed by atoms with Crippen molar-refractivity contribution in [3.8, 4) is 12.3 Å². The summed E-state index contributed by atoms with van der Waals surface area (Å²) in [4.78, 5) is 10.8. The minimum Gasteiger partial charge on any atom is -0.314 e. The number of nitrogens with one attached hydrogen (secondary N) is 1. The average molecular weight is 194 g/mol. The zero-order valence-electron chi connectivity index (χ0n) is 7.10. The van der Waals surface area contributed by atoms with E-state index >= 15 is 0 Å². The van der Waals surface area contributed by atoms with E-state index in [2.05, 4.69) is 5.32 Å². The molecule has 2 nitrogen and oxygen atoms in total.